The summed E-state index contributed by atoms with van der Waals surface area (Å²) in [7, 11) is 3.11. The Morgan fingerprint density at radius 1 is 0.758 bits per heavy atom. The van der Waals surface area contributed by atoms with E-state index in [9.17, 15) is 9.59 Å². The predicted octanol–water partition coefficient (Wildman–Crippen LogP) is 5.03. The number of nitrogens with one attached hydrogen (secondary N) is 1. The van der Waals surface area contributed by atoms with Crippen molar-refractivity contribution in [1.29, 1.82) is 0 Å². The Balaban J connectivity index is 1.88. The number of carbonyl (C=O) groups is 2. The molecule has 0 saturated heterocycles. The van der Waals surface area contributed by atoms with Crippen LogP contribution in [-0.4, -0.2) is 26.0 Å². The Hall–Kier alpha value is -4.06. The highest BCUT2D eigenvalue weighted by molar-refractivity contribution is 6.46. The summed E-state index contributed by atoms with van der Waals surface area (Å²) >= 11 is 0. The third-order valence-electron chi connectivity index (χ3n) is 5.70. The molecule has 0 saturated carbocycles. The van der Waals surface area contributed by atoms with Crippen molar-refractivity contribution in [2.45, 2.75) is 20.8 Å². The maximum Gasteiger partial charge on any atom is 0.282 e. The second kappa shape index (κ2) is 8.82. The molecule has 0 fully saturated rings. The molecule has 6 nitrogen and oxygen atoms in total. The molecule has 1 N–H and O–H groups in total. The number of rotatable bonds is 6. The fourth-order valence-electron chi connectivity index (χ4n) is 3.86. The summed E-state index contributed by atoms with van der Waals surface area (Å²) < 4.78 is 10.8. The Labute approximate surface area is 193 Å². The Morgan fingerprint density at radius 2 is 1.45 bits per heavy atom. The van der Waals surface area contributed by atoms with E-state index < -0.39 is 5.91 Å². The number of anilines is 2. The first-order valence-electron chi connectivity index (χ1n) is 10.6. The van der Waals surface area contributed by atoms with Crippen molar-refractivity contribution in [3.05, 3.63) is 88.6 Å². The molecule has 4 rings (SSSR count). The van der Waals surface area contributed by atoms with Gasteiger partial charge in [0, 0.05) is 6.07 Å². The first kappa shape index (κ1) is 22.1. The van der Waals surface area contributed by atoms with E-state index in [1.165, 1.54) is 4.90 Å². The highest BCUT2D eigenvalue weighted by Crippen LogP contribution is 2.38. The van der Waals surface area contributed by atoms with Gasteiger partial charge in [0.2, 0.25) is 0 Å². The van der Waals surface area contributed by atoms with Gasteiger partial charge in [0.1, 0.15) is 17.2 Å². The molecule has 2 amide bonds. The van der Waals surface area contributed by atoms with Crippen LogP contribution >= 0.6 is 0 Å². The molecule has 1 heterocycles. The number of carbonyl (C=O) groups excluding carboxylic acids is 2. The molecule has 3 aromatic carbocycles. The summed E-state index contributed by atoms with van der Waals surface area (Å²) in [6, 6.07) is 18.5. The zero-order chi connectivity index (χ0) is 23.7. The van der Waals surface area contributed by atoms with E-state index >= 15 is 0 Å². The minimum absolute atomic E-state index is 0.191. The molecular weight excluding hydrogens is 416 g/mol. The highest BCUT2D eigenvalue weighted by atomic mass is 16.5. The van der Waals surface area contributed by atoms with Gasteiger partial charge in [0.25, 0.3) is 11.8 Å². The van der Waals surface area contributed by atoms with E-state index in [2.05, 4.69) is 5.32 Å². The number of imide groups is 1. The van der Waals surface area contributed by atoms with E-state index in [0.717, 1.165) is 16.7 Å². The summed E-state index contributed by atoms with van der Waals surface area (Å²) in [5.41, 5.74) is 5.13. The molecule has 168 valence electrons. The summed E-state index contributed by atoms with van der Waals surface area (Å²) in [4.78, 5) is 28.6. The third-order valence-corrected chi connectivity index (χ3v) is 5.70. The molecule has 0 bridgehead atoms. The molecule has 0 aromatic heterocycles. The van der Waals surface area contributed by atoms with Gasteiger partial charge in [-0.1, -0.05) is 42.0 Å². The van der Waals surface area contributed by atoms with Crippen LogP contribution in [0.15, 0.2) is 66.4 Å². The average molecular weight is 443 g/mol. The minimum Gasteiger partial charge on any atom is -0.497 e. The van der Waals surface area contributed by atoms with Crippen LogP contribution < -0.4 is 19.7 Å². The summed E-state index contributed by atoms with van der Waals surface area (Å²) in [5.74, 6) is 0.326. The number of nitrogens with zero attached hydrogens (tertiary/aromatic N) is 1. The zero-order valence-electron chi connectivity index (χ0n) is 19.4. The second-order valence-corrected chi connectivity index (χ2v) is 8.04. The average Bonchev–Trinajstić information content (AvgIpc) is 3.05. The van der Waals surface area contributed by atoms with Crippen molar-refractivity contribution in [1.82, 2.24) is 0 Å². The van der Waals surface area contributed by atoms with Crippen molar-refractivity contribution in [3.8, 4) is 11.5 Å². The fraction of sp³-hybridized carbons (Fsp3) is 0.185. The van der Waals surface area contributed by atoms with E-state index in [0.29, 0.717) is 34.0 Å². The van der Waals surface area contributed by atoms with Gasteiger partial charge in [-0.2, -0.15) is 0 Å². The number of hydrogen-bond acceptors (Lipinski definition) is 5. The molecule has 33 heavy (non-hydrogen) atoms. The second-order valence-electron chi connectivity index (χ2n) is 8.04. The van der Waals surface area contributed by atoms with Crippen LogP contribution in [0.4, 0.5) is 11.4 Å². The van der Waals surface area contributed by atoms with E-state index in [1.54, 1.807) is 32.4 Å². The topological polar surface area (TPSA) is 67.9 Å². The van der Waals surface area contributed by atoms with Gasteiger partial charge in [-0.05, 0) is 55.7 Å². The Morgan fingerprint density at radius 3 is 2.12 bits per heavy atom. The number of amides is 2. The molecule has 6 heteroatoms. The molecule has 1 aliphatic rings. The van der Waals surface area contributed by atoms with Gasteiger partial charge in [0.05, 0.1) is 31.2 Å². The van der Waals surface area contributed by atoms with Crippen LogP contribution in [0.1, 0.15) is 22.3 Å². The van der Waals surface area contributed by atoms with Crippen molar-refractivity contribution in [2.75, 3.05) is 24.4 Å². The van der Waals surface area contributed by atoms with Gasteiger partial charge >= 0.3 is 0 Å². The Bertz CT molecular complexity index is 1280. The summed E-state index contributed by atoms with van der Waals surface area (Å²) in [6.45, 7) is 5.79. The molecule has 0 aliphatic carbocycles. The first-order valence-corrected chi connectivity index (χ1v) is 10.6. The lowest BCUT2D eigenvalue weighted by molar-refractivity contribution is -0.120. The van der Waals surface area contributed by atoms with Gasteiger partial charge in [0.15, 0.2) is 0 Å². The van der Waals surface area contributed by atoms with E-state index in [-0.39, 0.29) is 11.6 Å². The van der Waals surface area contributed by atoms with Crippen molar-refractivity contribution in [3.63, 3.8) is 0 Å². The smallest absolute Gasteiger partial charge is 0.282 e. The van der Waals surface area contributed by atoms with E-state index in [4.69, 9.17) is 9.47 Å². The molecule has 0 radical (unpaired) electrons. The largest absolute Gasteiger partial charge is 0.497 e. The number of methoxy groups -OCH3 is 2. The Kier molecular flexibility index (Phi) is 5.92. The standard InChI is InChI=1S/C27H26N2O4/c1-16-7-10-19(11-8-16)24-25(28-21-15-20(32-4)12-13-23(21)33-5)27(31)29(26(24)30)22-14-17(2)6-9-18(22)3/h6-15,28H,1-5H3. The maximum atomic E-state index is 13.7. The van der Waals surface area contributed by atoms with Crippen LogP contribution in [0.2, 0.25) is 0 Å². The lowest BCUT2D eigenvalue weighted by Crippen LogP contribution is -2.33. The van der Waals surface area contributed by atoms with Crippen LogP contribution in [-0.2, 0) is 9.59 Å². The van der Waals surface area contributed by atoms with Gasteiger partial charge in [-0.15, -0.1) is 0 Å². The SMILES string of the molecule is COc1ccc(OC)c(NC2=C(c3ccc(C)cc3)C(=O)N(c3cc(C)ccc3C)C2=O)c1. The van der Waals surface area contributed by atoms with Crippen molar-refractivity contribution in [2.24, 2.45) is 0 Å². The first-order chi connectivity index (χ1) is 15.8. The summed E-state index contributed by atoms with van der Waals surface area (Å²) in [6.07, 6.45) is 0. The van der Waals surface area contributed by atoms with Crippen LogP contribution in [0.3, 0.4) is 0 Å². The quantitative estimate of drug-likeness (QED) is 0.543. The van der Waals surface area contributed by atoms with Gasteiger partial charge in [-0.3, -0.25) is 9.59 Å². The van der Waals surface area contributed by atoms with E-state index in [1.807, 2.05) is 63.2 Å². The van der Waals surface area contributed by atoms with Gasteiger partial charge < -0.3 is 14.8 Å². The number of ether oxygens (including phenoxy) is 2. The molecule has 0 unspecified atom stereocenters. The molecule has 3 aromatic rings. The van der Waals surface area contributed by atoms with Crippen molar-refractivity contribution < 1.29 is 19.1 Å². The fourth-order valence-corrected chi connectivity index (χ4v) is 3.86. The predicted molar refractivity (Wildman–Crippen MR) is 130 cm³/mol. The lowest BCUT2D eigenvalue weighted by atomic mass is 10.0. The number of hydrogen-bond donors (Lipinski definition) is 1. The third kappa shape index (κ3) is 4.07. The maximum absolute atomic E-state index is 13.7. The molecular formula is C27H26N2O4. The lowest BCUT2D eigenvalue weighted by Gasteiger charge is -2.19. The van der Waals surface area contributed by atoms with Crippen molar-refractivity contribution >= 4 is 28.8 Å². The molecule has 0 spiro atoms. The van der Waals surface area contributed by atoms with Crippen LogP contribution in [0.5, 0.6) is 11.5 Å². The monoisotopic (exact) mass is 442 g/mol. The number of aryl methyl sites for hydroxylation is 3. The van der Waals surface area contributed by atoms with Crippen LogP contribution in [0.25, 0.3) is 5.57 Å². The highest BCUT2D eigenvalue weighted by Gasteiger charge is 2.41. The zero-order valence-corrected chi connectivity index (χ0v) is 19.4. The normalized spacial score (nSPS) is 13.5. The van der Waals surface area contributed by atoms with Gasteiger partial charge in [-0.25, -0.2) is 4.90 Å². The minimum atomic E-state index is -0.422. The van der Waals surface area contributed by atoms with Crippen LogP contribution in [0, 0.1) is 20.8 Å². The molecule has 1 aliphatic heterocycles. The molecule has 0 atom stereocenters. The summed E-state index contributed by atoms with van der Waals surface area (Å²) in [5, 5.41) is 3.17. The number of benzene rings is 3.